The molecule has 1 aromatic rings. The minimum Gasteiger partial charge on any atom is -0.460 e. The fourth-order valence-electron chi connectivity index (χ4n) is 2.21. The first-order chi connectivity index (χ1) is 10.2. The van der Waals surface area contributed by atoms with Crippen molar-refractivity contribution in [2.45, 2.75) is 26.2 Å². The number of piperidine rings is 1. The number of hydrogen-bond donors (Lipinski definition) is 1. The lowest BCUT2D eigenvalue weighted by molar-refractivity contribution is -0.136. The average Bonchev–Trinajstić information content (AvgIpc) is 2.50. The molecule has 6 heteroatoms. The molecule has 0 unspecified atom stereocenters. The molecule has 1 heterocycles. The number of hydrazone groups is 1. The quantitative estimate of drug-likeness (QED) is 0.403. The maximum Gasteiger partial charge on any atom is 0.375 e. The summed E-state index contributed by atoms with van der Waals surface area (Å²) in [4.78, 5) is 14.0. The van der Waals surface area contributed by atoms with Crippen molar-refractivity contribution in [3.05, 3.63) is 29.3 Å². The minimum absolute atomic E-state index is 0.316. The number of benzene rings is 1. The van der Waals surface area contributed by atoms with E-state index in [4.69, 9.17) is 16.3 Å². The fourth-order valence-corrected chi connectivity index (χ4v) is 2.39. The molecule has 2 rings (SSSR count). The smallest absolute Gasteiger partial charge is 0.375 e. The van der Waals surface area contributed by atoms with E-state index in [1.165, 1.54) is 6.42 Å². The van der Waals surface area contributed by atoms with Gasteiger partial charge in [0.15, 0.2) is 0 Å². The Bertz CT molecular complexity index is 513. The van der Waals surface area contributed by atoms with Gasteiger partial charge in [0.2, 0.25) is 5.84 Å². The highest BCUT2D eigenvalue weighted by molar-refractivity contribution is 6.35. The third-order valence-electron chi connectivity index (χ3n) is 3.27. The first-order valence-electron chi connectivity index (χ1n) is 7.22. The predicted octanol–water partition coefficient (Wildman–Crippen LogP) is 3.11. The topological polar surface area (TPSA) is 53.9 Å². The summed E-state index contributed by atoms with van der Waals surface area (Å²) in [6, 6.07) is 7.28. The van der Waals surface area contributed by atoms with Gasteiger partial charge in [-0.05, 0) is 38.3 Å². The van der Waals surface area contributed by atoms with Crippen LogP contribution in [-0.4, -0.2) is 36.4 Å². The summed E-state index contributed by atoms with van der Waals surface area (Å²) in [5.41, 5.74) is 3.53. The molecule has 1 aromatic carbocycles. The van der Waals surface area contributed by atoms with Crippen LogP contribution in [0.25, 0.3) is 0 Å². The first-order valence-corrected chi connectivity index (χ1v) is 7.60. The summed E-state index contributed by atoms with van der Waals surface area (Å²) in [5, 5.41) is 4.79. The number of hydrogen-bond acceptors (Lipinski definition) is 4. The Hall–Kier alpha value is -1.75. The number of carbonyl (C=O) groups is 1. The van der Waals surface area contributed by atoms with Crippen molar-refractivity contribution in [2.75, 3.05) is 25.1 Å². The lowest BCUT2D eigenvalue weighted by Crippen LogP contribution is -2.41. The molecule has 0 atom stereocenters. The molecule has 1 saturated heterocycles. The Kier molecular flexibility index (Phi) is 5.87. The van der Waals surface area contributed by atoms with E-state index in [1.807, 2.05) is 23.1 Å². The number of nitrogens with one attached hydrogen (secondary N) is 1. The van der Waals surface area contributed by atoms with E-state index in [1.54, 1.807) is 13.0 Å². The van der Waals surface area contributed by atoms with Gasteiger partial charge >= 0.3 is 5.97 Å². The van der Waals surface area contributed by atoms with Crippen LogP contribution in [0.15, 0.2) is 29.4 Å². The molecule has 0 aromatic heterocycles. The third kappa shape index (κ3) is 4.36. The molecule has 5 nitrogen and oxygen atoms in total. The lowest BCUT2D eigenvalue weighted by Gasteiger charge is -2.28. The second-order valence-electron chi connectivity index (χ2n) is 4.80. The summed E-state index contributed by atoms with van der Waals surface area (Å²) < 4.78 is 5.09. The fraction of sp³-hybridized carbons (Fsp3) is 0.467. The van der Waals surface area contributed by atoms with Crippen LogP contribution in [-0.2, 0) is 9.53 Å². The maximum absolute atomic E-state index is 12.1. The van der Waals surface area contributed by atoms with Crippen molar-refractivity contribution >= 4 is 29.1 Å². The molecule has 0 amide bonds. The van der Waals surface area contributed by atoms with Crippen molar-refractivity contribution in [2.24, 2.45) is 5.10 Å². The molecule has 1 fully saturated rings. The van der Waals surface area contributed by atoms with E-state index in [0.717, 1.165) is 25.9 Å². The summed E-state index contributed by atoms with van der Waals surface area (Å²) in [6.45, 7) is 3.76. The molecule has 114 valence electrons. The summed E-state index contributed by atoms with van der Waals surface area (Å²) in [6.07, 6.45) is 3.31. The molecule has 0 bridgehead atoms. The van der Waals surface area contributed by atoms with Gasteiger partial charge in [0.05, 0.1) is 17.3 Å². The van der Waals surface area contributed by atoms with E-state index < -0.39 is 5.97 Å². The van der Waals surface area contributed by atoms with Crippen LogP contribution in [0.4, 0.5) is 5.69 Å². The largest absolute Gasteiger partial charge is 0.460 e. The predicted molar refractivity (Wildman–Crippen MR) is 84.6 cm³/mol. The molecule has 0 spiro atoms. The molecule has 21 heavy (non-hydrogen) atoms. The highest BCUT2D eigenvalue weighted by Crippen LogP contribution is 2.20. The number of ether oxygens (including phenoxy) is 1. The summed E-state index contributed by atoms with van der Waals surface area (Å²) >= 11 is 6.07. The van der Waals surface area contributed by atoms with E-state index >= 15 is 0 Å². The van der Waals surface area contributed by atoms with Gasteiger partial charge in [0.1, 0.15) is 0 Å². The normalized spacial score (nSPS) is 15.7. The van der Waals surface area contributed by atoms with Crippen LogP contribution < -0.4 is 5.43 Å². The van der Waals surface area contributed by atoms with Crippen molar-refractivity contribution in [1.82, 2.24) is 4.90 Å². The number of likely N-dealkylation sites (tertiary alicyclic amines) is 1. The molecule has 0 aliphatic carbocycles. The number of esters is 1. The standard InChI is InChI=1S/C15H20ClN3O2/c1-2-21-15(20)14(19-10-6-3-7-11-19)18-17-13-9-5-4-8-12(13)16/h4-5,8-9,17H,2-3,6-7,10-11H2,1H3/b18-14+. The first kappa shape index (κ1) is 15.6. The van der Waals surface area contributed by atoms with Crippen LogP contribution in [0.5, 0.6) is 0 Å². The van der Waals surface area contributed by atoms with Gasteiger partial charge in [-0.15, -0.1) is 5.10 Å². The van der Waals surface area contributed by atoms with E-state index in [0.29, 0.717) is 23.2 Å². The lowest BCUT2D eigenvalue weighted by atomic mass is 10.1. The highest BCUT2D eigenvalue weighted by Gasteiger charge is 2.22. The highest BCUT2D eigenvalue weighted by atomic mass is 35.5. The SMILES string of the molecule is CCOC(=O)/C(=N\Nc1ccccc1Cl)N1CCCCC1. The Morgan fingerprint density at radius 1 is 1.33 bits per heavy atom. The molecule has 1 aliphatic rings. The molecular weight excluding hydrogens is 290 g/mol. The average molecular weight is 310 g/mol. The van der Waals surface area contributed by atoms with Crippen LogP contribution in [0, 0.1) is 0 Å². The number of amidine groups is 1. The number of rotatable bonds is 3. The number of carbonyl (C=O) groups excluding carboxylic acids is 1. The van der Waals surface area contributed by atoms with Gasteiger partial charge in [-0.1, -0.05) is 23.7 Å². The van der Waals surface area contributed by atoms with Crippen molar-refractivity contribution in [3.8, 4) is 0 Å². The zero-order chi connectivity index (χ0) is 15.1. The number of nitrogens with zero attached hydrogens (tertiary/aromatic N) is 2. The van der Waals surface area contributed by atoms with Gasteiger partial charge in [-0.2, -0.15) is 0 Å². The molecule has 0 radical (unpaired) electrons. The Morgan fingerprint density at radius 3 is 2.71 bits per heavy atom. The number of halogens is 1. The second kappa shape index (κ2) is 7.88. The van der Waals surface area contributed by atoms with E-state index in [-0.39, 0.29) is 0 Å². The van der Waals surface area contributed by atoms with Gasteiger partial charge < -0.3 is 9.64 Å². The molecule has 1 N–H and O–H groups in total. The summed E-state index contributed by atoms with van der Waals surface area (Å²) in [7, 11) is 0. The van der Waals surface area contributed by atoms with Gasteiger partial charge in [0, 0.05) is 13.1 Å². The second-order valence-corrected chi connectivity index (χ2v) is 5.20. The Balaban J connectivity index is 2.15. The maximum atomic E-state index is 12.1. The zero-order valence-corrected chi connectivity index (χ0v) is 12.9. The van der Waals surface area contributed by atoms with Crippen LogP contribution in [0.3, 0.4) is 0 Å². The van der Waals surface area contributed by atoms with Gasteiger partial charge in [-0.25, -0.2) is 4.79 Å². The zero-order valence-electron chi connectivity index (χ0n) is 12.1. The van der Waals surface area contributed by atoms with Crippen molar-refractivity contribution in [3.63, 3.8) is 0 Å². The summed E-state index contributed by atoms with van der Waals surface area (Å²) in [5.74, 6) is -0.0876. The van der Waals surface area contributed by atoms with Gasteiger partial charge in [-0.3, -0.25) is 5.43 Å². The molecule has 0 saturated carbocycles. The van der Waals surface area contributed by atoms with E-state index in [2.05, 4.69) is 10.5 Å². The van der Waals surface area contributed by atoms with Crippen LogP contribution in [0.2, 0.25) is 5.02 Å². The Morgan fingerprint density at radius 2 is 2.05 bits per heavy atom. The minimum atomic E-state index is -0.404. The van der Waals surface area contributed by atoms with Crippen LogP contribution in [0.1, 0.15) is 26.2 Å². The third-order valence-corrected chi connectivity index (χ3v) is 3.60. The molecule has 1 aliphatic heterocycles. The van der Waals surface area contributed by atoms with Crippen molar-refractivity contribution in [1.29, 1.82) is 0 Å². The number of anilines is 1. The molecular formula is C15H20ClN3O2. The Labute approximate surface area is 129 Å². The van der Waals surface area contributed by atoms with Crippen molar-refractivity contribution < 1.29 is 9.53 Å². The van der Waals surface area contributed by atoms with Gasteiger partial charge in [0.25, 0.3) is 0 Å². The number of para-hydroxylation sites is 1. The monoisotopic (exact) mass is 309 g/mol. The van der Waals surface area contributed by atoms with E-state index in [9.17, 15) is 4.79 Å². The van der Waals surface area contributed by atoms with Crippen LogP contribution >= 0.6 is 11.6 Å².